The van der Waals surface area contributed by atoms with Gasteiger partial charge in [-0.05, 0) is 50.6 Å². The molecule has 0 heterocycles. The van der Waals surface area contributed by atoms with Crippen LogP contribution in [0.15, 0.2) is 59.5 Å². The normalized spacial score (nSPS) is 14.4. The van der Waals surface area contributed by atoms with Gasteiger partial charge in [-0.25, -0.2) is 13.1 Å². The fourth-order valence-electron chi connectivity index (χ4n) is 2.19. The maximum atomic E-state index is 12.4. The molecule has 2 aromatic rings. The molecule has 5 nitrogen and oxygen atoms in total. The number of ether oxygens (including phenoxy) is 1. The van der Waals surface area contributed by atoms with Crippen LogP contribution in [0.5, 0.6) is 5.75 Å². The van der Waals surface area contributed by atoms with Crippen LogP contribution in [-0.4, -0.2) is 26.2 Å². The summed E-state index contributed by atoms with van der Waals surface area (Å²) in [6.45, 7) is 5.25. The molecule has 2 aromatic carbocycles. The number of hydrogen-bond donors (Lipinski definition) is 2. The number of aliphatic hydroxyl groups is 1. The highest BCUT2D eigenvalue weighted by Crippen LogP contribution is 2.21. The van der Waals surface area contributed by atoms with Gasteiger partial charge in [-0.3, -0.25) is 0 Å². The average Bonchev–Trinajstić information content (AvgIpc) is 2.54. The van der Waals surface area contributed by atoms with E-state index >= 15 is 0 Å². The zero-order valence-electron chi connectivity index (χ0n) is 14.1. The van der Waals surface area contributed by atoms with Gasteiger partial charge in [-0.2, -0.15) is 0 Å². The molecule has 0 bridgehead atoms. The highest BCUT2D eigenvalue weighted by atomic mass is 32.2. The molecule has 0 aromatic heterocycles. The summed E-state index contributed by atoms with van der Waals surface area (Å²) >= 11 is 0. The van der Waals surface area contributed by atoms with Gasteiger partial charge in [-0.15, -0.1) is 0 Å². The fourth-order valence-corrected chi connectivity index (χ4v) is 3.32. The number of benzene rings is 2. The second kappa shape index (κ2) is 7.34. The number of nitrogens with one attached hydrogen (secondary N) is 1. The van der Waals surface area contributed by atoms with E-state index in [9.17, 15) is 13.5 Å². The van der Waals surface area contributed by atoms with Crippen molar-refractivity contribution in [2.45, 2.75) is 37.4 Å². The minimum Gasteiger partial charge on any atom is -0.491 e. The molecule has 1 unspecified atom stereocenters. The van der Waals surface area contributed by atoms with Gasteiger partial charge in [0.05, 0.1) is 11.0 Å². The Morgan fingerprint density at radius 3 is 2.21 bits per heavy atom. The van der Waals surface area contributed by atoms with Crippen molar-refractivity contribution in [1.82, 2.24) is 4.72 Å². The Balaban J connectivity index is 2.08. The largest absolute Gasteiger partial charge is 0.491 e. The molecule has 0 radical (unpaired) electrons. The Labute approximate surface area is 143 Å². The summed E-state index contributed by atoms with van der Waals surface area (Å²) in [7, 11) is -3.71. The maximum absolute atomic E-state index is 12.4. The Morgan fingerprint density at radius 2 is 1.67 bits per heavy atom. The first-order chi connectivity index (χ1) is 11.2. The lowest BCUT2D eigenvalue weighted by atomic mass is 9.97. The first-order valence-corrected chi connectivity index (χ1v) is 9.23. The van der Waals surface area contributed by atoms with Gasteiger partial charge >= 0.3 is 0 Å². The van der Waals surface area contributed by atoms with Crippen molar-refractivity contribution in [2.75, 3.05) is 6.54 Å². The van der Waals surface area contributed by atoms with Crippen molar-refractivity contribution < 1.29 is 18.3 Å². The molecular formula is C18H23NO4S. The van der Waals surface area contributed by atoms with E-state index in [0.717, 1.165) is 0 Å². The van der Waals surface area contributed by atoms with Crippen LogP contribution in [0.3, 0.4) is 0 Å². The SMILES string of the molecule is CC(C)Oc1ccc(S(=O)(=O)NCC(C)(O)c2ccccc2)cc1. The number of sulfonamides is 1. The summed E-state index contributed by atoms with van der Waals surface area (Å²) in [6.07, 6.45) is 0.0200. The second-order valence-electron chi connectivity index (χ2n) is 6.10. The standard InChI is InChI=1S/C18H23NO4S/c1-14(2)23-16-9-11-17(12-10-16)24(21,22)19-13-18(3,20)15-7-5-4-6-8-15/h4-12,14,19-20H,13H2,1-3H3. The van der Waals surface area contributed by atoms with Gasteiger partial charge in [0.2, 0.25) is 10.0 Å². The highest BCUT2D eigenvalue weighted by molar-refractivity contribution is 7.89. The first-order valence-electron chi connectivity index (χ1n) is 7.75. The summed E-state index contributed by atoms with van der Waals surface area (Å²) in [5.41, 5.74) is -0.650. The van der Waals surface area contributed by atoms with Crippen LogP contribution in [0, 0.1) is 0 Å². The van der Waals surface area contributed by atoms with E-state index in [1.807, 2.05) is 19.9 Å². The fraction of sp³-hybridized carbons (Fsp3) is 0.333. The van der Waals surface area contributed by atoms with Gasteiger partial charge in [0.15, 0.2) is 0 Å². The van der Waals surface area contributed by atoms with Crippen molar-refractivity contribution in [3.63, 3.8) is 0 Å². The van der Waals surface area contributed by atoms with Gasteiger partial charge in [0, 0.05) is 6.54 Å². The molecule has 6 heteroatoms. The van der Waals surface area contributed by atoms with Crippen LogP contribution in [0.25, 0.3) is 0 Å². The molecule has 1 atom stereocenters. The summed E-state index contributed by atoms with van der Waals surface area (Å²) in [5.74, 6) is 0.611. The van der Waals surface area contributed by atoms with Crippen molar-refractivity contribution in [1.29, 1.82) is 0 Å². The second-order valence-corrected chi connectivity index (χ2v) is 7.87. The van der Waals surface area contributed by atoms with Crippen LogP contribution in [0.2, 0.25) is 0 Å². The minimum atomic E-state index is -3.71. The summed E-state index contributed by atoms with van der Waals surface area (Å²) in [4.78, 5) is 0.127. The highest BCUT2D eigenvalue weighted by Gasteiger charge is 2.26. The summed E-state index contributed by atoms with van der Waals surface area (Å²) in [5, 5.41) is 10.5. The number of rotatable bonds is 7. The van der Waals surface area contributed by atoms with E-state index < -0.39 is 15.6 Å². The molecule has 2 rings (SSSR count). The molecule has 0 aliphatic rings. The predicted octanol–water partition coefficient (Wildman–Crippen LogP) is 2.66. The lowest BCUT2D eigenvalue weighted by molar-refractivity contribution is 0.0627. The lowest BCUT2D eigenvalue weighted by Gasteiger charge is -2.24. The topological polar surface area (TPSA) is 75.6 Å². The van der Waals surface area contributed by atoms with Gasteiger partial charge < -0.3 is 9.84 Å². The third-order valence-corrected chi connectivity index (χ3v) is 4.93. The van der Waals surface area contributed by atoms with E-state index in [-0.39, 0.29) is 17.5 Å². The van der Waals surface area contributed by atoms with E-state index in [4.69, 9.17) is 4.74 Å². The Hall–Kier alpha value is -1.89. The molecule has 130 valence electrons. The monoisotopic (exact) mass is 349 g/mol. The van der Waals surface area contributed by atoms with Crippen LogP contribution < -0.4 is 9.46 Å². The zero-order chi connectivity index (χ0) is 17.8. The van der Waals surface area contributed by atoms with E-state index in [0.29, 0.717) is 11.3 Å². The molecular weight excluding hydrogens is 326 g/mol. The first kappa shape index (κ1) is 18.4. The molecule has 0 saturated heterocycles. The van der Waals surface area contributed by atoms with Crippen LogP contribution in [0.1, 0.15) is 26.3 Å². The molecule has 0 fully saturated rings. The van der Waals surface area contributed by atoms with Crippen LogP contribution in [-0.2, 0) is 15.6 Å². The summed E-state index contributed by atoms with van der Waals surface area (Å²) < 4.78 is 32.7. The van der Waals surface area contributed by atoms with Gasteiger partial charge in [-0.1, -0.05) is 30.3 Å². The smallest absolute Gasteiger partial charge is 0.240 e. The van der Waals surface area contributed by atoms with E-state index in [1.54, 1.807) is 43.3 Å². The third-order valence-electron chi connectivity index (χ3n) is 3.51. The Bertz CT molecular complexity index is 753. The predicted molar refractivity (Wildman–Crippen MR) is 93.4 cm³/mol. The molecule has 2 N–H and O–H groups in total. The van der Waals surface area contributed by atoms with Crippen LogP contribution in [0.4, 0.5) is 0 Å². The van der Waals surface area contributed by atoms with Crippen molar-refractivity contribution >= 4 is 10.0 Å². The quantitative estimate of drug-likeness (QED) is 0.806. The van der Waals surface area contributed by atoms with E-state index in [2.05, 4.69) is 4.72 Å². The zero-order valence-corrected chi connectivity index (χ0v) is 14.9. The average molecular weight is 349 g/mol. The maximum Gasteiger partial charge on any atom is 0.240 e. The summed E-state index contributed by atoms with van der Waals surface area (Å²) in [6, 6.07) is 15.1. The third kappa shape index (κ3) is 4.80. The number of hydrogen-bond acceptors (Lipinski definition) is 4. The Morgan fingerprint density at radius 1 is 1.08 bits per heavy atom. The Kier molecular flexibility index (Phi) is 5.64. The van der Waals surface area contributed by atoms with Crippen molar-refractivity contribution in [3.05, 3.63) is 60.2 Å². The van der Waals surface area contributed by atoms with Crippen molar-refractivity contribution in [3.8, 4) is 5.75 Å². The van der Waals surface area contributed by atoms with Gasteiger partial charge in [0.1, 0.15) is 11.4 Å². The molecule has 0 saturated carbocycles. The molecule has 0 spiro atoms. The van der Waals surface area contributed by atoms with Crippen LogP contribution >= 0.6 is 0 Å². The molecule has 0 aliphatic carbocycles. The molecule has 0 amide bonds. The van der Waals surface area contributed by atoms with Gasteiger partial charge in [0.25, 0.3) is 0 Å². The lowest BCUT2D eigenvalue weighted by Crippen LogP contribution is -2.38. The van der Waals surface area contributed by atoms with Crippen molar-refractivity contribution in [2.24, 2.45) is 0 Å². The molecule has 0 aliphatic heterocycles. The minimum absolute atomic E-state index is 0.0200. The van der Waals surface area contributed by atoms with E-state index in [1.165, 1.54) is 12.1 Å². The molecule has 24 heavy (non-hydrogen) atoms.